The van der Waals surface area contributed by atoms with Gasteiger partial charge in [-0.1, -0.05) is 27.7 Å². The fraction of sp³-hybridized carbons (Fsp3) is 0.533. The van der Waals surface area contributed by atoms with Crippen molar-refractivity contribution in [2.45, 2.75) is 46.5 Å². The third-order valence-corrected chi connectivity index (χ3v) is 5.09. The summed E-state index contributed by atoms with van der Waals surface area (Å²) in [5.41, 5.74) is 4.97. The van der Waals surface area contributed by atoms with Crippen molar-refractivity contribution in [3.05, 3.63) is 39.4 Å². The van der Waals surface area contributed by atoms with Crippen LogP contribution in [-0.2, 0) is 17.2 Å². The Labute approximate surface area is 117 Å². The average molecular weight is 278 g/mol. The first kappa shape index (κ1) is 14.3. The van der Waals surface area contributed by atoms with Gasteiger partial charge in [-0.3, -0.25) is 9.31 Å². The molecule has 1 aliphatic rings. The molecule has 19 heavy (non-hydrogen) atoms. The summed E-state index contributed by atoms with van der Waals surface area (Å²) in [6.07, 6.45) is 3.84. The third kappa shape index (κ3) is 2.73. The molecule has 0 amide bonds. The first-order valence-corrected chi connectivity index (χ1v) is 8.20. The lowest BCUT2D eigenvalue weighted by Crippen LogP contribution is -2.11. The molecule has 2 rings (SSSR count). The highest BCUT2D eigenvalue weighted by molar-refractivity contribution is 7.91. The summed E-state index contributed by atoms with van der Waals surface area (Å²) in [7, 11) is -0.921. The van der Waals surface area contributed by atoms with Crippen molar-refractivity contribution in [1.82, 2.24) is 10.2 Å². The summed E-state index contributed by atoms with van der Waals surface area (Å²) in [6.45, 7) is 8.70. The van der Waals surface area contributed by atoms with Gasteiger partial charge in [0.05, 0.1) is 17.0 Å². The molecular formula is C15H22N2OS. The zero-order valence-corrected chi connectivity index (χ0v) is 12.9. The predicted octanol–water partition coefficient (Wildman–Crippen LogP) is 3.65. The molecule has 104 valence electrons. The standard InChI is InChI=1S/C15H22N2OS/c1-5-12-8-19(18)9-14(12)11(4)10(3)13-7-16-17-15(13)6-2/h7-11H,5-6H2,1-4H3,(H,16,17). The fourth-order valence-corrected chi connectivity index (χ4v) is 3.93. The van der Waals surface area contributed by atoms with Crippen molar-refractivity contribution in [3.63, 3.8) is 0 Å². The Morgan fingerprint density at radius 3 is 2.58 bits per heavy atom. The lowest BCUT2D eigenvalue weighted by atomic mass is 9.81. The van der Waals surface area contributed by atoms with E-state index in [4.69, 9.17) is 0 Å². The van der Waals surface area contributed by atoms with Crippen LogP contribution in [0.5, 0.6) is 0 Å². The number of aromatic amines is 1. The Kier molecular flexibility index (Phi) is 4.40. The topological polar surface area (TPSA) is 45.8 Å². The largest absolute Gasteiger partial charge is 0.282 e. The number of hydrogen-bond acceptors (Lipinski definition) is 2. The highest BCUT2D eigenvalue weighted by Crippen LogP contribution is 2.37. The van der Waals surface area contributed by atoms with Gasteiger partial charge in [0.25, 0.3) is 0 Å². The van der Waals surface area contributed by atoms with Crippen molar-refractivity contribution in [2.24, 2.45) is 5.92 Å². The number of hydrogen-bond donors (Lipinski definition) is 1. The van der Waals surface area contributed by atoms with E-state index < -0.39 is 10.8 Å². The second-order valence-electron chi connectivity index (χ2n) is 5.13. The van der Waals surface area contributed by atoms with Crippen LogP contribution in [0.25, 0.3) is 0 Å². The van der Waals surface area contributed by atoms with Crippen molar-refractivity contribution < 1.29 is 4.21 Å². The Morgan fingerprint density at radius 1 is 1.21 bits per heavy atom. The summed E-state index contributed by atoms with van der Waals surface area (Å²) in [5.74, 6) is 0.741. The van der Waals surface area contributed by atoms with Gasteiger partial charge in [0.2, 0.25) is 0 Å². The Balaban J connectivity index is 2.25. The van der Waals surface area contributed by atoms with Crippen LogP contribution in [0.3, 0.4) is 0 Å². The minimum Gasteiger partial charge on any atom is -0.282 e. The molecule has 0 aliphatic carbocycles. The maximum Gasteiger partial charge on any atom is 0.0708 e. The number of nitrogens with zero attached hydrogens (tertiary/aromatic N) is 1. The lowest BCUT2D eigenvalue weighted by Gasteiger charge is -2.22. The molecule has 1 N–H and O–H groups in total. The van der Waals surface area contributed by atoms with E-state index in [0.29, 0.717) is 11.8 Å². The van der Waals surface area contributed by atoms with Gasteiger partial charge >= 0.3 is 0 Å². The molecule has 0 saturated carbocycles. The molecule has 1 aromatic heterocycles. The van der Waals surface area contributed by atoms with Crippen LogP contribution < -0.4 is 0 Å². The molecule has 1 aromatic rings. The SMILES string of the molecule is CCC1=CS(=O)C=C1C(C)C(C)c1cn[nH]c1CC. The van der Waals surface area contributed by atoms with Crippen LogP contribution in [0.2, 0.25) is 0 Å². The quantitative estimate of drug-likeness (QED) is 0.893. The van der Waals surface area contributed by atoms with Crippen LogP contribution in [0, 0.1) is 5.92 Å². The maximum absolute atomic E-state index is 11.7. The average Bonchev–Trinajstić information content (AvgIpc) is 3.02. The van der Waals surface area contributed by atoms with E-state index in [1.165, 1.54) is 22.4 Å². The molecule has 0 spiro atoms. The first-order chi connectivity index (χ1) is 9.08. The Hall–Kier alpha value is -1.16. The minimum atomic E-state index is -0.921. The van der Waals surface area contributed by atoms with Crippen LogP contribution >= 0.6 is 0 Å². The number of rotatable bonds is 5. The molecule has 1 aliphatic heterocycles. The van der Waals surface area contributed by atoms with Crippen LogP contribution in [0.4, 0.5) is 0 Å². The summed E-state index contributed by atoms with van der Waals surface area (Å²) in [5, 5.41) is 11.0. The number of allylic oxidation sites excluding steroid dienone is 2. The number of H-pyrrole nitrogens is 1. The Bertz CT molecular complexity index is 542. The number of aromatic nitrogens is 2. The molecule has 4 heteroatoms. The second kappa shape index (κ2) is 5.87. The van der Waals surface area contributed by atoms with E-state index in [1.54, 1.807) is 0 Å². The third-order valence-electron chi connectivity index (χ3n) is 4.09. The normalized spacial score (nSPS) is 22.0. The maximum atomic E-state index is 11.7. The highest BCUT2D eigenvalue weighted by Gasteiger charge is 2.26. The first-order valence-electron chi connectivity index (χ1n) is 6.92. The monoisotopic (exact) mass is 278 g/mol. The van der Waals surface area contributed by atoms with E-state index in [1.807, 2.05) is 17.0 Å². The molecular weight excluding hydrogens is 256 g/mol. The molecule has 0 radical (unpaired) electrons. The van der Waals surface area contributed by atoms with Crippen molar-refractivity contribution >= 4 is 10.8 Å². The van der Waals surface area contributed by atoms with E-state index in [-0.39, 0.29) is 0 Å². The molecule has 2 heterocycles. The number of aryl methyl sites for hydroxylation is 1. The smallest absolute Gasteiger partial charge is 0.0708 e. The van der Waals surface area contributed by atoms with Crippen LogP contribution in [-0.4, -0.2) is 14.4 Å². The van der Waals surface area contributed by atoms with Crippen LogP contribution in [0.1, 0.15) is 51.3 Å². The number of nitrogens with one attached hydrogen (secondary N) is 1. The van der Waals surface area contributed by atoms with E-state index in [9.17, 15) is 4.21 Å². The van der Waals surface area contributed by atoms with Gasteiger partial charge in [-0.25, -0.2) is 0 Å². The molecule has 3 atom stereocenters. The molecule has 0 saturated heterocycles. The minimum absolute atomic E-state index is 0.362. The van der Waals surface area contributed by atoms with Gasteiger partial charge in [0.15, 0.2) is 0 Å². The molecule has 0 fully saturated rings. The van der Waals surface area contributed by atoms with Gasteiger partial charge < -0.3 is 0 Å². The highest BCUT2D eigenvalue weighted by atomic mass is 32.2. The lowest BCUT2D eigenvalue weighted by molar-refractivity contribution is 0.560. The van der Waals surface area contributed by atoms with Gasteiger partial charge in [0.1, 0.15) is 0 Å². The fourth-order valence-electron chi connectivity index (χ4n) is 2.67. The predicted molar refractivity (Wildman–Crippen MR) is 80.1 cm³/mol. The second-order valence-corrected chi connectivity index (χ2v) is 6.26. The molecule has 0 aromatic carbocycles. The summed E-state index contributed by atoms with van der Waals surface area (Å²) in [4.78, 5) is 0. The molecule has 0 bridgehead atoms. The van der Waals surface area contributed by atoms with Crippen molar-refractivity contribution in [1.29, 1.82) is 0 Å². The summed E-state index contributed by atoms with van der Waals surface area (Å²) >= 11 is 0. The van der Waals surface area contributed by atoms with Gasteiger partial charge in [-0.05, 0) is 41.4 Å². The molecule has 3 unspecified atom stereocenters. The van der Waals surface area contributed by atoms with Crippen molar-refractivity contribution in [3.8, 4) is 0 Å². The summed E-state index contributed by atoms with van der Waals surface area (Å²) < 4.78 is 11.7. The molecule has 3 nitrogen and oxygen atoms in total. The van der Waals surface area contributed by atoms with Crippen molar-refractivity contribution in [2.75, 3.05) is 0 Å². The zero-order chi connectivity index (χ0) is 14.0. The van der Waals surface area contributed by atoms with E-state index >= 15 is 0 Å². The summed E-state index contributed by atoms with van der Waals surface area (Å²) in [6, 6.07) is 0. The van der Waals surface area contributed by atoms with Crippen LogP contribution in [0.15, 0.2) is 28.2 Å². The van der Waals surface area contributed by atoms with Gasteiger partial charge in [0, 0.05) is 16.5 Å². The van der Waals surface area contributed by atoms with E-state index in [0.717, 1.165) is 12.8 Å². The van der Waals surface area contributed by atoms with Gasteiger partial charge in [-0.2, -0.15) is 5.10 Å². The zero-order valence-electron chi connectivity index (χ0n) is 12.1. The van der Waals surface area contributed by atoms with E-state index in [2.05, 4.69) is 37.9 Å². The van der Waals surface area contributed by atoms with Gasteiger partial charge in [-0.15, -0.1) is 0 Å². The Morgan fingerprint density at radius 2 is 1.95 bits per heavy atom.